The van der Waals surface area contributed by atoms with Crippen LogP contribution in [0.2, 0.25) is 0 Å². The number of fused-ring (bicyclic) bond motifs is 1. The van der Waals surface area contributed by atoms with E-state index in [2.05, 4.69) is 15.3 Å². The highest BCUT2D eigenvalue weighted by Gasteiger charge is 2.05. The molecule has 0 radical (unpaired) electrons. The predicted octanol–water partition coefficient (Wildman–Crippen LogP) is 3.20. The Hall–Kier alpha value is -2.62. The fourth-order valence-corrected chi connectivity index (χ4v) is 2.43. The SMILES string of the molecule is O=C(CCCc1nc2ccccc2[nH]1)NCc1ccccc1. The van der Waals surface area contributed by atoms with E-state index in [1.165, 1.54) is 0 Å². The van der Waals surface area contributed by atoms with Crippen molar-refractivity contribution in [2.24, 2.45) is 0 Å². The smallest absolute Gasteiger partial charge is 0.220 e. The van der Waals surface area contributed by atoms with Crippen LogP contribution in [-0.2, 0) is 17.8 Å². The highest BCUT2D eigenvalue weighted by atomic mass is 16.1. The molecule has 1 aromatic heterocycles. The Bertz CT molecular complexity index is 716. The van der Waals surface area contributed by atoms with Crippen LogP contribution in [0.25, 0.3) is 11.0 Å². The van der Waals surface area contributed by atoms with Crippen LogP contribution in [0.3, 0.4) is 0 Å². The van der Waals surface area contributed by atoms with Crippen molar-refractivity contribution >= 4 is 16.9 Å². The van der Waals surface area contributed by atoms with Crippen molar-refractivity contribution in [2.75, 3.05) is 0 Å². The van der Waals surface area contributed by atoms with Crippen LogP contribution in [0, 0.1) is 0 Å². The van der Waals surface area contributed by atoms with Gasteiger partial charge in [-0.15, -0.1) is 0 Å². The number of H-pyrrole nitrogens is 1. The van der Waals surface area contributed by atoms with Crippen LogP contribution >= 0.6 is 0 Å². The molecule has 0 atom stereocenters. The zero-order valence-electron chi connectivity index (χ0n) is 12.4. The van der Waals surface area contributed by atoms with Gasteiger partial charge in [-0.2, -0.15) is 0 Å². The molecule has 0 fully saturated rings. The molecule has 1 heterocycles. The second kappa shape index (κ2) is 6.89. The number of nitrogens with zero attached hydrogens (tertiary/aromatic N) is 1. The molecule has 0 saturated carbocycles. The van der Waals surface area contributed by atoms with E-state index in [0.717, 1.165) is 35.3 Å². The van der Waals surface area contributed by atoms with Crippen LogP contribution in [-0.4, -0.2) is 15.9 Å². The zero-order chi connectivity index (χ0) is 15.2. The molecule has 1 amide bonds. The van der Waals surface area contributed by atoms with Gasteiger partial charge in [0.25, 0.3) is 0 Å². The molecule has 4 nitrogen and oxygen atoms in total. The predicted molar refractivity (Wildman–Crippen MR) is 87.3 cm³/mol. The van der Waals surface area contributed by atoms with Gasteiger partial charge < -0.3 is 10.3 Å². The van der Waals surface area contributed by atoms with E-state index in [4.69, 9.17) is 0 Å². The zero-order valence-corrected chi connectivity index (χ0v) is 12.4. The number of aromatic amines is 1. The normalized spacial score (nSPS) is 10.7. The monoisotopic (exact) mass is 293 g/mol. The summed E-state index contributed by atoms with van der Waals surface area (Å²) in [7, 11) is 0. The third kappa shape index (κ3) is 3.73. The van der Waals surface area contributed by atoms with E-state index in [1.54, 1.807) is 0 Å². The molecule has 3 aromatic rings. The molecule has 0 aliphatic carbocycles. The van der Waals surface area contributed by atoms with Crippen LogP contribution < -0.4 is 5.32 Å². The fourth-order valence-electron chi connectivity index (χ4n) is 2.43. The second-order valence-corrected chi connectivity index (χ2v) is 5.32. The Morgan fingerprint density at radius 2 is 1.82 bits per heavy atom. The van der Waals surface area contributed by atoms with Gasteiger partial charge in [-0.1, -0.05) is 42.5 Å². The van der Waals surface area contributed by atoms with Gasteiger partial charge in [0.2, 0.25) is 5.91 Å². The highest BCUT2D eigenvalue weighted by molar-refractivity contribution is 5.76. The summed E-state index contributed by atoms with van der Waals surface area (Å²) in [4.78, 5) is 19.6. The van der Waals surface area contributed by atoms with E-state index >= 15 is 0 Å². The molecule has 0 spiro atoms. The Kier molecular flexibility index (Phi) is 4.49. The third-order valence-electron chi connectivity index (χ3n) is 3.59. The van der Waals surface area contributed by atoms with Gasteiger partial charge >= 0.3 is 0 Å². The molecule has 2 aromatic carbocycles. The minimum atomic E-state index is 0.0833. The molecule has 0 saturated heterocycles. The van der Waals surface area contributed by atoms with Crippen molar-refractivity contribution in [3.8, 4) is 0 Å². The summed E-state index contributed by atoms with van der Waals surface area (Å²) in [6, 6.07) is 17.9. The van der Waals surface area contributed by atoms with E-state index in [1.807, 2.05) is 54.6 Å². The number of benzene rings is 2. The van der Waals surface area contributed by atoms with Crippen molar-refractivity contribution in [1.29, 1.82) is 0 Å². The Morgan fingerprint density at radius 3 is 2.64 bits per heavy atom. The quantitative estimate of drug-likeness (QED) is 0.733. The fraction of sp³-hybridized carbons (Fsp3) is 0.222. The number of aromatic nitrogens is 2. The van der Waals surface area contributed by atoms with Gasteiger partial charge in [0, 0.05) is 19.4 Å². The number of rotatable bonds is 6. The highest BCUT2D eigenvalue weighted by Crippen LogP contribution is 2.11. The summed E-state index contributed by atoms with van der Waals surface area (Å²) in [5, 5.41) is 2.94. The molecular formula is C18H19N3O. The molecule has 0 bridgehead atoms. The topological polar surface area (TPSA) is 57.8 Å². The van der Waals surface area contributed by atoms with Crippen molar-refractivity contribution in [1.82, 2.24) is 15.3 Å². The Balaban J connectivity index is 1.43. The maximum atomic E-state index is 11.8. The lowest BCUT2D eigenvalue weighted by Gasteiger charge is -2.04. The average Bonchev–Trinajstić information content (AvgIpc) is 2.96. The van der Waals surface area contributed by atoms with Gasteiger partial charge in [-0.05, 0) is 24.1 Å². The van der Waals surface area contributed by atoms with Crippen molar-refractivity contribution < 1.29 is 4.79 Å². The molecule has 0 aliphatic heterocycles. The molecule has 3 rings (SSSR count). The van der Waals surface area contributed by atoms with Crippen LogP contribution in [0.15, 0.2) is 54.6 Å². The maximum absolute atomic E-state index is 11.8. The van der Waals surface area contributed by atoms with Crippen molar-refractivity contribution in [3.63, 3.8) is 0 Å². The molecule has 4 heteroatoms. The summed E-state index contributed by atoms with van der Waals surface area (Å²) < 4.78 is 0. The summed E-state index contributed by atoms with van der Waals surface area (Å²) in [6.45, 7) is 0.588. The van der Waals surface area contributed by atoms with E-state index in [0.29, 0.717) is 13.0 Å². The minimum Gasteiger partial charge on any atom is -0.352 e. The summed E-state index contributed by atoms with van der Waals surface area (Å²) in [5.41, 5.74) is 3.14. The molecule has 0 unspecified atom stereocenters. The summed E-state index contributed by atoms with van der Waals surface area (Å²) >= 11 is 0. The maximum Gasteiger partial charge on any atom is 0.220 e. The van der Waals surface area contributed by atoms with Gasteiger partial charge in [0.15, 0.2) is 0 Å². The number of imidazole rings is 1. The standard InChI is InChI=1S/C18H19N3O/c22-18(19-13-14-7-2-1-3-8-14)12-6-11-17-20-15-9-4-5-10-16(15)21-17/h1-5,7-10H,6,11-13H2,(H,19,22)(H,20,21). The van der Waals surface area contributed by atoms with Gasteiger partial charge in [0.05, 0.1) is 11.0 Å². The Morgan fingerprint density at radius 1 is 1.05 bits per heavy atom. The van der Waals surface area contributed by atoms with E-state index in [-0.39, 0.29) is 5.91 Å². The van der Waals surface area contributed by atoms with E-state index < -0.39 is 0 Å². The number of nitrogens with one attached hydrogen (secondary N) is 2. The van der Waals surface area contributed by atoms with E-state index in [9.17, 15) is 4.79 Å². The number of hydrogen-bond acceptors (Lipinski definition) is 2. The number of carbonyl (C=O) groups excluding carboxylic acids is 1. The van der Waals surface area contributed by atoms with Crippen molar-refractivity contribution in [2.45, 2.75) is 25.8 Å². The first-order valence-corrected chi connectivity index (χ1v) is 7.55. The average molecular weight is 293 g/mol. The number of hydrogen-bond donors (Lipinski definition) is 2. The van der Waals surface area contributed by atoms with Gasteiger partial charge in [-0.3, -0.25) is 4.79 Å². The van der Waals surface area contributed by atoms with Crippen LogP contribution in [0.4, 0.5) is 0 Å². The number of aryl methyl sites for hydroxylation is 1. The minimum absolute atomic E-state index is 0.0833. The van der Waals surface area contributed by atoms with Gasteiger partial charge in [0.1, 0.15) is 5.82 Å². The third-order valence-corrected chi connectivity index (χ3v) is 3.59. The Labute approximate surface area is 129 Å². The van der Waals surface area contributed by atoms with Gasteiger partial charge in [-0.25, -0.2) is 4.98 Å². The largest absolute Gasteiger partial charge is 0.352 e. The van der Waals surface area contributed by atoms with Crippen LogP contribution in [0.1, 0.15) is 24.2 Å². The summed E-state index contributed by atoms with van der Waals surface area (Å²) in [5.74, 6) is 1.03. The molecule has 0 aliphatic rings. The molecular weight excluding hydrogens is 274 g/mol. The van der Waals surface area contributed by atoms with Crippen LogP contribution in [0.5, 0.6) is 0 Å². The lowest BCUT2D eigenvalue weighted by molar-refractivity contribution is -0.121. The molecule has 112 valence electrons. The lowest BCUT2D eigenvalue weighted by atomic mass is 10.2. The first-order chi connectivity index (χ1) is 10.8. The molecule has 22 heavy (non-hydrogen) atoms. The van der Waals surface area contributed by atoms with Crippen molar-refractivity contribution in [3.05, 3.63) is 66.0 Å². The number of para-hydroxylation sites is 2. The first-order valence-electron chi connectivity index (χ1n) is 7.55. The first kappa shape index (κ1) is 14.3. The lowest BCUT2D eigenvalue weighted by Crippen LogP contribution is -2.22. The molecule has 2 N–H and O–H groups in total. The second-order valence-electron chi connectivity index (χ2n) is 5.32. The number of carbonyl (C=O) groups is 1. The summed E-state index contributed by atoms with van der Waals surface area (Å²) in [6.07, 6.45) is 2.10. The number of amides is 1.